The maximum Gasteiger partial charge on any atom is 0.183 e. The Balaban J connectivity index is 1.99. The molecule has 1 aromatic heterocycles. The number of aromatic nitrogens is 4. The lowest BCUT2D eigenvalue weighted by atomic mass is 9.89. The van der Waals surface area contributed by atoms with Crippen molar-refractivity contribution >= 4 is 0 Å². The summed E-state index contributed by atoms with van der Waals surface area (Å²) in [6.07, 6.45) is 5.60. The molecule has 1 aromatic rings. The lowest BCUT2D eigenvalue weighted by Crippen LogP contribution is -2.17. The van der Waals surface area contributed by atoms with Gasteiger partial charge in [-0.05, 0) is 36.1 Å². The van der Waals surface area contributed by atoms with E-state index >= 15 is 0 Å². The molecule has 0 bridgehead atoms. The molecule has 2 rings (SSSR count). The molecule has 0 N–H and O–H groups in total. The average Bonchev–Trinajstić information content (AvgIpc) is 2.67. The summed E-state index contributed by atoms with van der Waals surface area (Å²) in [4.78, 5) is 0. The van der Waals surface area contributed by atoms with Crippen LogP contribution in [0.25, 0.3) is 0 Å². The summed E-state index contributed by atoms with van der Waals surface area (Å²) in [5.41, 5.74) is 0. The molecule has 83 valence electrons. The standard InChI is InChI=1S/C10H17N4O/c1-8(15)10-11-12-13-14(10)7-9-5-3-2-4-6-9/h8-9H,2-7H2,1H3. The molecule has 1 radical (unpaired) electrons. The van der Waals surface area contributed by atoms with Gasteiger partial charge in [-0.1, -0.05) is 19.3 Å². The minimum absolute atomic E-state index is 0.473. The second-order valence-corrected chi connectivity index (χ2v) is 4.37. The van der Waals surface area contributed by atoms with Crippen LogP contribution in [0.4, 0.5) is 0 Å². The summed E-state index contributed by atoms with van der Waals surface area (Å²) in [5.74, 6) is 1.13. The molecule has 0 aromatic carbocycles. The molecule has 0 amide bonds. The molecular weight excluding hydrogens is 192 g/mol. The van der Waals surface area contributed by atoms with E-state index in [4.69, 9.17) is 0 Å². The minimum Gasteiger partial charge on any atom is -0.227 e. The van der Waals surface area contributed by atoms with Crippen molar-refractivity contribution < 1.29 is 5.11 Å². The van der Waals surface area contributed by atoms with Crippen molar-refractivity contribution in [1.29, 1.82) is 0 Å². The highest BCUT2D eigenvalue weighted by atomic mass is 16.3. The number of nitrogens with zero attached hydrogens (tertiary/aromatic N) is 4. The summed E-state index contributed by atoms with van der Waals surface area (Å²) in [6, 6.07) is 0. The first kappa shape index (κ1) is 10.5. The van der Waals surface area contributed by atoms with Gasteiger partial charge in [-0.3, -0.25) is 0 Å². The maximum absolute atomic E-state index is 11.3. The molecule has 0 aliphatic heterocycles. The van der Waals surface area contributed by atoms with E-state index in [0.29, 0.717) is 11.7 Å². The van der Waals surface area contributed by atoms with Crippen LogP contribution < -0.4 is 0 Å². The zero-order valence-electron chi connectivity index (χ0n) is 9.09. The third-order valence-corrected chi connectivity index (χ3v) is 3.08. The summed E-state index contributed by atoms with van der Waals surface area (Å²) >= 11 is 0. The normalized spacial score (nSPS) is 20.4. The Morgan fingerprint density at radius 3 is 2.80 bits per heavy atom. The van der Waals surface area contributed by atoms with E-state index in [9.17, 15) is 5.11 Å². The fourth-order valence-corrected chi connectivity index (χ4v) is 2.25. The first-order chi connectivity index (χ1) is 7.27. The van der Waals surface area contributed by atoms with Gasteiger partial charge in [-0.2, -0.15) is 0 Å². The number of hydrogen-bond acceptors (Lipinski definition) is 3. The molecule has 0 spiro atoms. The second-order valence-electron chi connectivity index (χ2n) is 4.37. The molecule has 0 saturated heterocycles. The lowest BCUT2D eigenvalue weighted by molar-refractivity contribution is 0.0918. The third-order valence-electron chi connectivity index (χ3n) is 3.08. The molecule has 15 heavy (non-hydrogen) atoms. The molecule has 5 heteroatoms. The largest absolute Gasteiger partial charge is 0.227 e. The number of tetrazole rings is 1. The van der Waals surface area contributed by atoms with Crippen molar-refractivity contribution in [3.05, 3.63) is 5.82 Å². The van der Waals surface area contributed by atoms with Crippen LogP contribution in [0, 0.1) is 5.92 Å². The van der Waals surface area contributed by atoms with Gasteiger partial charge in [0.2, 0.25) is 0 Å². The molecule has 1 fully saturated rings. The minimum atomic E-state index is -0.830. The molecule has 1 aliphatic rings. The van der Waals surface area contributed by atoms with Crippen LogP contribution >= 0.6 is 0 Å². The van der Waals surface area contributed by atoms with Gasteiger partial charge in [0, 0.05) is 6.54 Å². The summed E-state index contributed by atoms with van der Waals surface area (Å²) in [6.45, 7) is 2.40. The Morgan fingerprint density at radius 1 is 1.40 bits per heavy atom. The van der Waals surface area contributed by atoms with E-state index in [2.05, 4.69) is 15.5 Å². The van der Waals surface area contributed by atoms with Gasteiger partial charge in [-0.15, -0.1) is 5.10 Å². The Kier molecular flexibility index (Phi) is 3.30. The third kappa shape index (κ3) is 2.53. The quantitative estimate of drug-likeness (QED) is 0.761. The van der Waals surface area contributed by atoms with Crippen molar-refractivity contribution in [2.24, 2.45) is 5.92 Å². The molecule has 5 nitrogen and oxygen atoms in total. The molecule has 1 atom stereocenters. The van der Waals surface area contributed by atoms with Crippen molar-refractivity contribution in [2.45, 2.75) is 51.7 Å². The SMILES string of the molecule is CC([O])c1nnnn1CC1CCCCC1. The van der Waals surface area contributed by atoms with Crippen LogP contribution in [0.15, 0.2) is 0 Å². The predicted molar refractivity (Wildman–Crippen MR) is 53.5 cm³/mol. The van der Waals surface area contributed by atoms with Crippen molar-refractivity contribution in [3.8, 4) is 0 Å². The van der Waals surface area contributed by atoms with Gasteiger partial charge in [0.15, 0.2) is 11.9 Å². The summed E-state index contributed by atoms with van der Waals surface area (Å²) < 4.78 is 1.69. The van der Waals surface area contributed by atoms with Gasteiger partial charge >= 0.3 is 0 Å². The van der Waals surface area contributed by atoms with E-state index < -0.39 is 6.10 Å². The summed E-state index contributed by atoms with van der Waals surface area (Å²) in [5, 5.41) is 22.5. The highest BCUT2D eigenvalue weighted by Crippen LogP contribution is 2.25. The number of hydrogen-bond donors (Lipinski definition) is 0. The fraction of sp³-hybridized carbons (Fsp3) is 0.900. The molecule has 1 unspecified atom stereocenters. The van der Waals surface area contributed by atoms with Crippen LogP contribution in [0.1, 0.15) is 51.0 Å². The number of rotatable bonds is 3. The highest BCUT2D eigenvalue weighted by Gasteiger charge is 2.18. The van der Waals surface area contributed by atoms with Crippen molar-refractivity contribution in [1.82, 2.24) is 20.2 Å². The highest BCUT2D eigenvalue weighted by molar-refractivity contribution is 4.85. The second kappa shape index (κ2) is 4.70. The van der Waals surface area contributed by atoms with Crippen LogP contribution in [0.5, 0.6) is 0 Å². The maximum atomic E-state index is 11.3. The van der Waals surface area contributed by atoms with E-state index in [1.54, 1.807) is 11.6 Å². The van der Waals surface area contributed by atoms with Gasteiger partial charge in [0.25, 0.3) is 0 Å². The Labute approximate surface area is 89.5 Å². The molecule has 1 saturated carbocycles. The smallest absolute Gasteiger partial charge is 0.183 e. The zero-order chi connectivity index (χ0) is 10.7. The fourth-order valence-electron chi connectivity index (χ4n) is 2.25. The van der Waals surface area contributed by atoms with Gasteiger partial charge < -0.3 is 0 Å². The Morgan fingerprint density at radius 2 is 2.13 bits per heavy atom. The first-order valence-corrected chi connectivity index (χ1v) is 5.69. The van der Waals surface area contributed by atoms with E-state index in [1.165, 1.54) is 32.1 Å². The average molecular weight is 209 g/mol. The van der Waals surface area contributed by atoms with Crippen LogP contribution in [-0.4, -0.2) is 20.2 Å². The molecule has 1 heterocycles. The van der Waals surface area contributed by atoms with Gasteiger partial charge in [0.05, 0.1) is 0 Å². The van der Waals surface area contributed by atoms with E-state index in [1.807, 2.05) is 0 Å². The Bertz CT molecular complexity index is 304. The van der Waals surface area contributed by atoms with E-state index in [0.717, 1.165) is 6.54 Å². The molecular formula is C10H17N4O. The van der Waals surface area contributed by atoms with Crippen LogP contribution in [0.3, 0.4) is 0 Å². The first-order valence-electron chi connectivity index (χ1n) is 5.69. The van der Waals surface area contributed by atoms with Crippen LogP contribution in [-0.2, 0) is 11.7 Å². The molecule has 1 aliphatic carbocycles. The topological polar surface area (TPSA) is 63.5 Å². The zero-order valence-corrected chi connectivity index (χ0v) is 9.09. The van der Waals surface area contributed by atoms with E-state index in [-0.39, 0.29) is 0 Å². The predicted octanol–water partition coefficient (Wildman–Crippen LogP) is 1.74. The van der Waals surface area contributed by atoms with Crippen molar-refractivity contribution in [3.63, 3.8) is 0 Å². The van der Waals surface area contributed by atoms with Crippen LogP contribution in [0.2, 0.25) is 0 Å². The summed E-state index contributed by atoms with van der Waals surface area (Å²) in [7, 11) is 0. The monoisotopic (exact) mass is 209 g/mol. The van der Waals surface area contributed by atoms with Gasteiger partial charge in [-0.25, -0.2) is 9.79 Å². The van der Waals surface area contributed by atoms with Crippen molar-refractivity contribution in [2.75, 3.05) is 0 Å². The van der Waals surface area contributed by atoms with Gasteiger partial charge in [0.1, 0.15) is 0 Å². The lowest BCUT2D eigenvalue weighted by Gasteiger charge is -2.21. The Hall–Kier alpha value is -0.970.